The summed E-state index contributed by atoms with van der Waals surface area (Å²) in [7, 11) is -6.52. The summed E-state index contributed by atoms with van der Waals surface area (Å²) in [5.41, 5.74) is 0. The number of nitrogens with one attached hydrogen (secondary N) is 1. The van der Waals surface area contributed by atoms with Crippen molar-refractivity contribution in [2.75, 3.05) is 24.3 Å². The maximum absolute atomic E-state index is 11.8. The first-order valence-corrected chi connectivity index (χ1v) is 9.65. The fraction of sp³-hybridized carbons (Fsp3) is 0.900. The minimum absolute atomic E-state index is 0.0674. The van der Waals surface area contributed by atoms with Gasteiger partial charge in [0.05, 0.1) is 24.3 Å². The Morgan fingerprint density at radius 3 is 2.37 bits per heavy atom. The molecule has 1 fully saturated rings. The van der Waals surface area contributed by atoms with E-state index < -0.39 is 31.8 Å². The van der Waals surface area contributed by atoms with E-state index >= 15 is 0 Å². The number of sulfone groups is 1. The molecule has 1 unspecified atom stereocenters. The Hall–Kier alpha value is -0.670. The first-order chi connectivity index (χ1) is 8.51. The van der Waals surface area contributed by atoms with Gasteiger partial charge in [0.2, 0.25) is 15.9 Å². The molecule has 1 heterocycles. The summed E-state index contributed by atoms with van der Waals surface area (Å²) in [5.74, 6) is -0.474. The summed E-state index contributed by atoms with van der Waals surface area (Å²) in [6, 6.07) is -0.737. The average Bonchev–Trinajstić information content (AvgIpc) is 2.52. The molecule has 1 aliphatic rings. The fourth-order valence-electron chi connectivity index (χ4n) is 2.01. The lowest BCUT2D eigenvalue weighted by molar-refractivity contribution is -0.122. The van der Waals surface area contributed by atoms with Crippen LogP contribution in [0.2, 0.25) is 0 Å². The van der Waals surface area contributed by atoms with Crippen LogP contribution >= 0.6 is 0 Å². The molecule has 1 amide bonds. The zero-order valence-electron chi connectivity index (χ0n) is 11.3. The smallest absolute Gasteiger partial charge is 0.235 e. The number of carbonyl (C=O) groups is 1. The van der Waals surface area contributed by atoms with Crippen LogP contribution in [-0.4, -0.2) is 63.4 Å². The zero-order chi connectivity index (χ0) is 14.8. The molecule has 0 bridgehead atoms. The van der Waals surface area contributed by atoms with E-state index in [0.29, 0.717) is 6.42 Å². The molecule has 0 aromatic heterocycles. The molecule has 19 heavy (non-hydrogen) atoms. The van der Waals surface area contributed by atoms with E-state index in [2.05, 4.69) is 5.32 Å². The van der Waals surface area contributed by atoms with Crippen molar-refractivity contribution in [1.82, 2.24) is 9.62 Å². The highest BCUT2D eigenvalue weighted by atomic mass is 32.2. The third kappa shape index (κ3) is 5.07. The summed E-state index contributed by atoms with van der Waals surface area (Å²) < 4.78 is 46.6. The van der Waals surface area contributed by atoms with Crippen molar-refractivity contribution in [2.45, 2.75) is 32.4 Å². The second-order valence-electron chi connectivity index (χ2n) is 5.07. The maximum atomic E-state index is 11.8. The topological polar surface area (TPSA) is 101 Å². The summed E-state index contributed by atoms with van der Waals surface area (Å²) in [5, 5.41) is 2.57. The van der Waals surface area contributed by atoms with Crippen LogP contribution in [0.25, 0.3) is 0 Å². The first kappa shape index (κ1) is 16.4. The van der Waals surface area contributed by atoms with Crippen molar-refractivity contribution < 1.29 is 21.6 Å². The Bertz CT molecular complexity index is 538. The summed E-state index contributed by atoms with van der Waals surface area (Å²) in [6.45, 7) is 3.07. The van der Waals surface area contributed by atoms with Crippen molar-refractivity contribution in [1.29, 1.82) is 0 Å². The quantitative estimate of drug-likeness (QED) is 0.699. The Kier molecular flexibility index (Phi) is 4.97. The zero-order valence-corrected chi connectivity index (χ0v) is 12.9. The highest BCUT2D eigenvalue weighted by Crippen LogP contribution is 2.11. The lowest BCUT2D eigenvalue weighted by Gasteiger charge is -2.24. The number of carbonyl (C=O) groups excluding carboxylic acids is 1. The largest absolute Gasteiger partial charge is 0.351 e. The van der Waals surface area contributed by atoms with Crippen molar-refractivity contribution in [2.24, 2.45) is 0 Å². The predicted octanol–water partition coefficient (Wildman–Crippen LogP) is -1.04. The van der Waals surface area contributed by atoms with Gasteiger partial charge in [-0.25, -0.2) is 16.8 Å². The van der Waals surface area contributed by atoms with Gasteiger partial charge in [-0.1, -0.05) is 0 Å². The van der Waals surface area contributed by atoms with Crippen LogP contribution < -0.4 is 5.32 Å². The molecular formula is C10H20N2O5S2. The van der Waals surface area contributed by atoms with Crippen LogP contribution in [-0.2, 0) is 24.7 Å². The second-order valence-corrected chi connectivity index (χ2v) is 9.23. The van der Waals surface area contributed by atoms with Gasteiger partial charge < -0.3 is 5.32 Å². The van der Waals surface area contributed by atoms with E-state index in [0.717, 1.165) is 10.6 Å². The average molecular weight is 312 g/mol. The summed E-state index contributed by atoms with van der Waals surface area (Å²) >= 11 is 0. The molecule has 0 radical (unpaired) electrons. The Balaban J connectivity index is 2.60. The van der Waals surface area contributed by atoms with Gasteiger partial charge in [-0.3, -0.25) is 4.79 Å². The van der Waals surface area contributed by atoms with Gasteiger partial charge in [0.15, 0.2) is 9.84 Å². The fourth-order valence-corrected chi connectivity index (χ4v) is 4.80. The second kappa shape index (κ2) is 5.76. The number of amides is 1. The van der Waals surface area contributed by atoms with Gasteiger partial charge in [0, 0.05) is 12.1 Å². The SMILES string of the molecule is CC(C)N(CC(=O)NC1CCS(=O)(=O)C1)S(C)(=O)=O. The molecule has 0 aliphatic carbocycles. The summed E-state index contributed by atoms with van der Waals surface area (Å²) in [6.07, 6.45) is 1.43. The molecule has 1 N–H and O–H groups in total. The van der Waals surface area contributed by atoms with Gasteiger partial charge in [-0.2, -0.15) is 4.31 Å². The molecule has 0 aromatic carbocycles. The third-order valence-corrected chi connectivity index (χ3v) is 6.07. The molecule has 9 heteroatoms. The van der Waals surface area contributed by atoms with E-state index in [1.54, 1.807) is 13.8 Å². The number of hydrogen-bond donors (Lipinski definition) is 1. The van der Waals surface area contributed by atoms with E-state index in [9.17, 15) is 21.6 Å². The van der Waals surface area contributed by atoms with Gasteiger partial charge in [0.1, 0.15) is 0 Å². The highest BCUT2D eigenvalue weighted by Gasteiger charge is 2.30. The van der Waals surface area contributed by atoms with Crippen LogP contribution in [0, 0.1) is 0 Å². The van der Waals surface area contributed by atoms with Crippen molar-refractivity contribution >= 4 is 25.8 Å². The molecule has 0 spiro atoms. The summed E-state index contributed by atoms with van der Waals surface area (Å²) in [4.78, 5) is 11.8. The van der Waals surface area contributed by atoms with E-state index in [-0.39, 0.29) is 24.1 Å². The Morgan fingerprint density at radius 2 is 2.00 bits per heavy atom. The van der Waals surface area contributed by atoms with Crippen molar-refractivity contribution in [3.63, 3.8) is 0 Å². The predicted molar refractivity (Wildman–Crippen MR) is 71.9 cm³/mol. The van der Waals surface area contributed by atoms with Gasteiger partial charge >= 0.3 is 0 Å². The molecule has 1 rings (SSSR count). The van der Waals surface area contributed by atoms with E-state index in [1.807, 2.05) is 0 Å². The number of rotatable bonds is 5. The number of sulfonamides is 1. The molecule has 0 aromatic rings. The van der Waals surface area contributed by atoms with E-state index in [4.69, 9.17) is 0 Å². The molecule has 1 aliphatic heterocycles. The van der Waals surface area contributed by atoms with Gasteiger partial charge in [-0.15, -0.1) is 0 Å². The van der Waals surface area contributed by atoms with Crippen LogP contribution in [0.5, 0.6) is 0 Å². The van der Waals surface area contributed by atoms with Gasteiger partial charge in [-0.05, 0) is 20.3 Å². The monoisotopic (exact) mass is 312 g/mol. The van der Waals surface area contributed by atoms with Crippen LogP contribution in [0.1, 0.15) is 20.3 Å². The number of nitrogens with zero attached hydrogens (tertiary/aromatic N) is 1. The molecule has 1 atom stereocenters. The highest BCUT2D eigenvalue weighted by molar-refractivity contribution is 7.91. The Morgan fingerprint density at radius 1 is 1.42 bits per heavy atom. The molecule has 1 saturated heterocycles. The molecule has 0 saturated carbocycles. The van der Waals surface area contributed by atoms with Gasteiger partial charge in [0.25, 0.3) is 0 Å². The molecular weight excluding hydrogens is 292 g/mol. The standard InChI is InChI=1S/C10H20N2O5S2/c1-8(2)12(18(3,14)15)6-10(13)11-9-4-5-19(16,17)7-9/h8-9H,4-7H2,1-3H3,(H,11,13). The first-order valence-electron chi connectivity index (χ1n) is 5.98. The Labute approximate surface area is 114 Å². The van der Waals surface area contributed by atoms with Crippen molar-refractivity contribution in [3.05, 3.63) is 0 Å². The molecule has 7 nitrogen and oxygen atoms in total. The van der Waals surface area contributed by atoms with Crippen LogP contribution in [0.3, 0.4) is 0 Å². The lowest BCUT2D eigenvalue weighted by atomic mass is 10.2. The third-order valence-electron chi connectivity index (χ3n) is 2.90. The van der Waals surface area contributed by atoms with Crippen LogP contribution in [0.4, 0.5) is 0 Å². The minimum Gasteiger partial charge on any atom is -0.351 e. The minimum atomic E-state index is -3.46. The lowest BCUT2D eigenvalue weighted by Crippen LogP contribution is -2.46. The van der Waals surface area contributed by atoms with Crippen molar-refractivity contribution in [3.8, 4) is 0 Å². The normalized spacial score (nSPS) is 22.9. The van der Waals surface area contributed by atoms with Crippen LogP contribution in [0.15, 0.2) is 0 Å². The molecule has 112 valence electrons. The number of hydrogen-bond acceptors (Lipinski definition) is 5. The maximum Gasteiger partial charge on any atom is 0.235 e. The van der Waals surface area contributed by atoms with E-state index in [1.165, 1.54) is 0 Å².